The molecular formula is C17H17Cl2NO. The second-order valence-electron chi connectivity index (χ2n) is 4.73. The minimum Gasteiger partial charge on any atom is -0.388 e. The molecule has 1 atom stereocenters. The minimum absolute atomic E-state index is 0.455. The average Bonchev–Trinajstić information content (AvgIpc) is 2.47. The maximum atomic E-state index is 9.97. The van der Waals surface area contributed by atoms with Crippen molar-refractivity contribution in [2.45, 2.75) is 12.5 Å². The molecule has 110 valence electrons. The number of hydrogen-bond donors (Lipinski definition) is 2. The second kappa shape index (κ2) is 7.62. The second-order valence-corrected chi connectivity index (χ2v) is 5.55. The van der Waals surface area contributed by atoms with Gasteiger partial charge in [0.2, 0.25) is 0 Å². The lowest BCUT2D eigenvalue weighted by atomic mass is 10.0. The summed E-state index contributed by atoms with van der Waals surface area (Å²) in [6.07, 6.45) is 3.81. The fraction of sp³-hybridized carbons (Fsp3) is 0.176. The summed E-state index contributed by atoms with van der Waals surface area (Å²) >= 11 is 12.3. The van der Waals surface area contributed by atoms with Crippen LogP contribution in [0.1, 0.15) is 29.2 Å². The van der Waals surface area contributed by atoms with Gasteiger partial charge in [-0.2, -0.15) is 0 Å². The lowest BCUT2D eigenvalue weighted by molar-refractivity contribution is 0.170. The smallest absolute Gasteiger partial charge is 0.0802 e. The van der Waals surface area contributed by atoms with Gasteiger partial charge in [-0.3, -0.25) is 0 Å². The first kappa shape index (κ1) is 16.1. The van der Waals surface area contributed by atoms with Gasteiger partial charge < -0.3 is 10.8 Å². The van der Waals surface area contributed by atoms with Crippen molar-refractivity contribution >= 4 is 35.4 Å². The Morgan fingerprint density at radius 2 is 1.71 bits per heavy atom. The van der Waals surface area contributed by atoms with E-state index < -0.39 is 6.10 Å². The highest BCUT2D eigenvalue weighted by Gasteiger charge is 2.06. The Labute approximate surface area is 134 Å². The van der Waals surface area contributed by atoms with Crippen LogP contribution >= 0.6 is 23.2 Å². The molecule has 0 heterocycles. The molecule has 0 saturated heterocycles. The zero-order chi connectivity index (χ0) is 15.2. The van der Waals surface area contributed by atoms with Crippen molar-refractivity contribution in [1.82, 2.24) is 0 Å². The zero-order valence-corrected chi connectivity index (χ0v) is 13.0. The van der Waals surface area contributed by atoms with Crippen LogP contribution in [0.25, 0.3) is 12.2 Å². The molecule has 1 unspecified atom stereocenters. The summed E-state index contributed by atoms with van der Waals surface area (Å²) in [5, 5.41) is 11.2. The highest BCUT2D eigenvalue weighted by Crippen LogP contribution is 2.26. The number of hydrogen-bond acceptors (Lipinski definition) is 2. The zero-order valence-electron chi connectivity index (χ0n) is 11.5. The Morgan fingerprint density at radius 3 is 2.38 bits per heavy atom. The molecule has 0 radical (unpaired) electrons. The molecule has 0 amide bonds. The van der Waals surface area contributed by atoms with Crippen LogP contribution in [0.3, 0.4) is 0 Å². The van der Waals surface area contributed by atoms with Gasteiger partial charge in [0.25, 0.3) is 0 Å². The number of halogens is 2. The first-order valence-electron chi connectivity index (χ1n) is 6.72. The quantitative estimate of drug-likeness (QED) is 0.794. The predicted molar refractivity (Wildman–Crippen MR) is 90.5 cm³/mol. The van der Waals surface area contributed by atoms with E-state index in [1.807, 2.05) is 42.5 Å². The van der Waals surface area contributed by atoms with Gasteiger partial charge in [0, 0.05) is 15.6 Å². The van der Waals surface area contributed by atoms with Crippen LogP contribution < -0.4 is 5.73 Å². The van der Waals surface area contributed by atoms with Crippen LogP contribution in [-0.2, 0) is 0 Å². The first-order valence-corrected chi connectivity index (χ1v) is 7.47. The Hall–Kier alpha value is -1.32. The molecule has 2 aromatic carbocycles. The van der Waals surface area contributed by atoms with Gasteiger partial charge >= 0.3 is 0 Å². The third-order valence-corrected chi connectivity index (χ3v) is 3.84. The number of aliphatic hydroxyl groups is 1. The van der Waals surface area contributed by atoms with E-state index in [4.69, 9.17) is 28.9 Å². The largest absolute Gasteiger partial charge is 0.388 e. The van der Waals surface area contributed by atoms with Gasteiger partial charge in [-0.25, -0.2) is 0 Å². The molecule has 2 rings (SSSR count). The molecule has 0 saturated carbocycles. The maximum Gasteiger partial charge on any atom is 0.0802 e. The van der Waals surface area contributed by atoms with Crippen molar-refractivity contribution in [2.24, 2.45) is 5.73 Å². The summed E-state index contributed by atoms with van der Waals surface area (Å²) in [5.41, 5.74) is 8.08. The Bertz CT molecular complexity index is 620. The van der Waals surface area contributed by atoms with Gasteiger partial charge in [0.05, 0.1) is 6.10 Å². The maximum absolute atomic E-state index is 9.97. The monoisotopic (exact) mass is 321 g/mol. The van der Waals surface area contributed by atoms with E-state index in [1.54, 1.807) is 12.1 Å². The molecular weight excluding hydrogens is 305 g/mol. The fourth-order valence-electron chi connectivity index (χ4n) is 2.04. The van der Waals surface area contributed by atoms with Crippen molar-refractivity contribution in [3.05, 3.63) is 69.2 Å². The summed E-state index contributed by atoms with van der Waals surface area (Å²) in [6.45, 7) is 0.455. The number of rotatable bonds is 5. The number of aliphatic hydroxyl groups excluding tert-OH is 1. The number of nitrogens with two attached hydrogens (primary N) is 1. The third-order valence-electron chi connectivity index (χ3n) is 3.18. The fourth-order valence-corrected chi connectivity index (χ4v) is 2.57. The third kappa shape index (κ3) is 4.32. The van der Waals surface area contributed by atoms with Gasteiger partial charge in [-0.05, 0) is 42.3 Å². The van der Waals surface area contributed by atoms with E-state index in [-0.39, 0.29) is 0 Å². The molecule has 0 aromatic heterocycles. The molecule has 0 aliphatic carbocycles. The minimum atomic E-state index is -0.535. The van der Waals surface area contributed by atoms with E-state index in [0.717, 1.165) is 16.7 Å². The van der Waals surface area contributed by atoms with Gasteiger partial charge in [-0.1, -0.05) is 59.6 Å². The van der Waals surface area contributed by atoms with Crippen molar-refractivity contribution in [3.63, 3.8) is 0 Å². The first-order chi connectivity index (χ1) is 10.1. The van der Waals surface area contributed by atoms with E-state index in [1.165, 1.54) is 0 Å². The van der Waals surface area contributed by atoms with Crippen molar-refractivity contribution in [1.29, 1.82) is 0 Å². The van der Waals surface area contributed by atoms with Crippen molar-refractivity contribution < 1.29 is 5.11 Å². The normalized spacial score (nSPS) is 12.8. The van der Waals surface area contributed by atoms with Gasteiger partial charge in [0.1, 0.15) is 0 Å². The predicted octanol–water partition coefficient (Wildman–Crippen LogP) is 4.55. The van der Waals surface area contributed by atoms with Crippen LogP contribution in [-0.4, -0.2) is 11.7 Å². The van der Waals surface area contributed by atoms with Gasteiger partial charge in [0.15, 0.2) is 0 Å². The van der Waals surface area contributed by atoms with E-state index in [9.17, 15) is 5.11 Å². The molecule has 0 aliphatic rings. The molecule has 0 bridgehead atoms. The van der Waals surface area contributed by atoms with E-state index in [2.05, 4.69) is 0 Å². The summed E-state index contributed by atoms with van der Waals surface area (Å²) in [6, 6.07) is 13.1. The molecule has 0 aliphatic heterocycles. The Kier molecular flexibility index (Phi) is 5.83. The van der Waals surface area contributed by atoms with Crippen LogP contribution in [0.4, 0.5) is 0 Å². The molecule has 21 heavy (non-hydrogen) atoms. The van der Waals surface area contributed by atoms with Crippen LogP contribution in [0, 0.1) is 0 Å². The molecule has 3 N–H and O–H groups in total. The SMILES string of the molecule is NCCC(O)c1cccc(C=Cc2c(Cl)cccc2Cl)c1. The van der Waals surface area contributed by atoms with E-state index in [0.29, 0.717) is 23.0 Å². The molecule has 0 fully saturated rings. The van der Waals surface area contributed by atoms with Gasteiger partial charge in [-0.15, -0.1) is 0 Å². The summed E-state index contributed by atoms with van der Waals surface area (Å²) in [5.74, 6) is 0. The Balaban J connectivity index is 2.23. The molecule has 2 nitrogen and oxygen atoms in total. The Morgan fingerprint density at radius 1 is 1.05 bits per heavy atom. The van der Waals surface area contributed by atoms with Crippen LogP contribution in [0.2, 0.25) is 10.0 Å². The highest BCUT2D eigenvalue weighted by atomic mass is 35.5. The number of benzene rings is 2. The molecule has 2 aromatic rings. The topological polar surface area (TPSA) is 46.2 Å². The lowest BCUT2D eigenvalue weighted by Crippen LogP contribution is -2.06. The average molecular weight is 322 g/mol. The van der Waals surface area contributed by atoms with Crippen molar-refractivity contribution in [2.75, 3.05) is 6.54 Å². The highest BCUT2D eigenvalue weighted by molar-refractivity contribution is 6.37. The summed E-state index contributed by atoms with van der Waals surface area (Å²) < 4.78 is 0. The molecule has 0 spiro atoms. The molecule has 4 heteroatoms. The summed E-state index contributed by atoms with van der Waals surface area (Å²) in [7, 11) is 0. The van der Waals surface area contributed by atoms with E-state index >= 15 is 0 Å². The van der Waals surface area contributed by atoms with Crippen molar-refractivity contribution in [3.8, 4) is 0 Å². The van der Waals surface area contributed by atoms with Crippen LogP contribution in [0.15, 0.2) is 42.5 Å². The van der Waals surface area contributed by atoms with Crippen LogP contribution in [0.5, 0.6) is 0 Å². The standard InChI is InChI=1S/C17H17Cl2NO/c18-15-5-2-6-16(19)14(15)8-7-12-3-1-4-13(11-12)17(21)9-10-20/h1-8,11,17,21H,9-10,20H2. The summed E-state index contributed by atoms with van der Waals surface area (Å²) in [4.78, 5) is 0. The lowest BCUT2D eigenvalue weighted by Gasteiger charge is -2.10.